The molecule has 0 amide bonds. The molecule has 1 aromatic rings. The Morgan fingerprint density at radius 2 is 1.90 bits per heavy atom. The normalized spacial score (nSPS) is 21.5. The highest BCUT2D eigenvalue weighted by Crippen LogP contribution is 2.38. The first kappa shape index (κ1) is 15.9. The van der Waals surface area contributed by atoms with Crippen LogP contribution in [0.2, 0.25) is 0 Å². The quantitative estimate of drug-likeness (QED) is 0.488. The monoisotopic (exact) mass is 308 g/mol. The lowest BCUT2D eigenvalue weighted by molar-refractivity contribution is -0.384. The van der Waals surface area contributed by atoms with E-state index in [2.05, 4.69) is 6.58 Å². The highest BCUT2D eigenvalue weighted by molar-refractivity contribution is 7.84. The Hall–Kier alpha value is -1.53. The number of nitro benzene ring substituents is 1. The zero-order valence-corrected chi connectivity index (χ0v) is 13.4. The minimum atomic E-state index is -1.14. The Morgan fingerprint density at radius 1 is 1.33 bits per heavy atom. The lowest BCUT2D eigenvalue weighted by Gasteiger charge is -2.30. The van der Waals surface area contributed by atoms with Crippen molar-refractivity contribution in [2.24, 2.45) is 0 Å². The predicted molar refractivity (Wildman–Crippen MR) is 84.2 cm³/mol. The van der Waals surface area contributed by atoms with Gasteiger partial charge in [0.2, 0.25) is 0 Å². The van der Waals surface area contributed by atoms with Crippen molar-refractivity contribution >= 4 is 16.7 Å². The summed E-state index contributed by atoms with van der Waals surface area (Å²) in [6, 6.07) is 6.45. The van der Waals surface area contributed by atoms with E-state index in [4.69, 9.17) is 0 Å². The van der Waals surface area contributed by atoms with E-state index in [1.807, 2.05) is 25.1 Å². The second-order valence-corrected chi connectivity index (χ2v) is 8.45. The van der Waals surface area contributed by atoms with Gasteiger partial charge in [-0.1, -0.05) is 24.3 Å². The minimum Gasteiger partial charge on any atom is -0.258 e. The number of nitro groups is 1. The van der Waals surface area contributed by atoms with E-state index >= 15 is 0 Å². The van der Waals surface area contributed by atoms with Crippen LogP contribution in [0.4, 0.5) is 5.69 Å². The minimum absolute atomic E-state index is 0.0293. The largest absolute Gasteiger partial charge is 0.269 e. The van der Waals surface area contributed by atoms with E-state index in [1.54, 1.807) is 12.1 Å². The molecule has 1 aliphatic rings. The molecule has 0 radical (unpaired) electrons. The zero-order valence-electron chi connectivity index (χ0n) is 12.5. The smallest absolute Gasteiger partial charge is 0.258 e. The molecule has 1 aromatic carbocycles. The fourth-order valence-electron chi connectivity index (χ4n) is 2.40. The average Bonchev–Trinajstić information content (AvgIpc) is 2.78. The molecule has 114 valence electrons. The number of nitrogens with zero attached hydrogens (tertiary/aromatic N) is 2. The van der Waals surface area contributed by atoms with Gasteiger partial charge in [0, 0.05) is 18.7 Å². The molecule has 1 unspecified atom stereocenters. The molecule has 6 heteroatoms. The lowest BCUT2D eigenvalue weighted by atomic mass is 10.0. The molecule has 0 spiro atoms. The van der Waals surface area contributed by atoms with Gasteiger partial charge in [-0.25, -0.2) is 8.51 Å². The molecule has 1 fully saturated rings. The van der Waals surface area contributed by atoms with Gasteiger partial charge < -0.3 is 0 Å². The summed E-state index contributed by atoms with van der Waals surface area (Å²) in [7, 11) is -1.14. The first-order valence-electron chi connectivity index (χ1n) is 6.80. The SMILES string of the molecule is C=C1C[C@H](c2ccc([N+](=O)[O-])cc2)N(S(=O)C(C)(C)C)C1. The molecule has 2 atom stereocenters. The Balaban J connectivity index is 2.30. The van der Waals surface area contributed by atoms with Gasteiger partial charge >= 0.3 is 0 Å². The van der Waals surface area contributed by atoms with Crippen LogP contribution in [0.3, 0.4) is 0 Å². The van der Waals surface area contributed by atoms with Crippen LogP contribution in [0.15, 0.2) is 36.4 Å². The van der Waals surface area contributed by atoms with Crippen LogP contribution in [0, 0.1) is 10.1 Å². The van der Waals surface area contributed by atoms with Crippen molar-refractivity contribution in [3.8, 4) is 0 Å². The second-order valence-electron chi connectivity index (χ2n) is 6.26. The van der Waals surface area contributed by atoms with Gasteiger partial charge in [0.15, 0.2) is 0 Å². The molecule has 1 saturated heterocycles. The van der Waals surface area contributed by atoms with Gasteiger partial charge in [-0.3, -0.25) is 10.1 Å². The van der Waals surface area contributed by atoms with E-state index in [0.717, 1.165) is 17.6 Å². The molecule has 1 aliphatic heterocycles. The summed E-state index contributed by atoms with van der Waals surface area (Å²) in [4.78, 5) is 10.3. The summed E-state index contributed by atoms with van der Waals surface area (Å²) >= 11 is 0. The fraction of sp³-hybridized carbons (Fsp3) is 0.467. The van der Waals surface area contributed by atoms with Crippen LogP contribution in [-0.2, 0) is 11.0 Å². The predicted octanol–water partition coefficient (Wildman–Crippen LogP) is 3.36. The number of hydrogen-bond donors (Lipinski definition) is 0. The van der Waals surface area contributed by atoms with Gasteiger partial charge in [0.1, 0.15) is 11.0 Å². The summed E-state index contributed by atoms with van der Waals surface area (Å²) in [6.45, 7) is 10.4. The van der Waals surface area contributed by atoms with Crippen LogP contribution in [0.1, 0.15) is 38.8 Å². The van der Waals surface area contributed by atoms with E-state index in [0.29, 0.717) is 6.54 Å². The fourth-order valence-corrected chi connectivity index (χ4v) is 3.83. The van der Waals surface area contributed by atoms with Crippen molar-refractivity contribution < 1.29 is 9.13 Å². The zero-order chi connectivity index (χ0) is 15.8. The molecular formula is C15H20N2O3S. The lowest BCUT2D eigenvalue weighted by Crippen LogP contribution is -2.37. The van der Waals surface area contributed by atoms with Crippen molar-refractivity contribution in [2.75, 3.05) is 6.54 Å². The first-order chi connectivity index (χ1) is 9.70. The average molecular weight is 308 g/mol. The van der Waals surface area contributed by atoms with Crippen molar-refractivity contribution in [1.29, 1.82) is 0 Å². The molecule has 0 N–H and O–H groups in total. The van der Waals surface area contributed by atoms with E-state index in [9.17, 15) is 14.3 Å². The molecule has 0 bridgehead atoms. The summed E-state index contributed by atoms with van der Waals surface area (Å²) in [5.74, 6) is 0. The van der Waals surface area contributed by atoms with Gasteiger partial charge in [0.25, 0.3) is 5.69 Å². The standard InChI is InChI=1S/C15H20N2O3S/c1-11-9-14(16(10-11)21(20)15(2,3)4)12-5-7-13(8-6-12)17(18)19/h5-8,14H,1,9-10H2,2-4H3/t14-,21?/m1/s1. The third-order valence-electron chi connectivity index (χ3n) is 3.43. The van der Waals surface area contributed by atoms with Crippen LogP contribution in [0.5, 0.6) is 0 Å². The molecule has 0 aromatic heterocycles. The van der Waals surface area contributed by atoms with Crippen molar-refractivity contribution in [3.63, 3.8) is 0 Å². The third-order valence-corrected chi connectivity index (χ3v) is 5.29. The maximum absolute atomic E-state index is 12.7. The summed E-state index contributed by atoms with van der Waals surface area (Å²) in [6.07, 6.45) is 0.736. The summed E-state index contributed by atoms with van der Waals surface area (Å²) in [5.41, 5.74) is 2.05. The van der Waals surface area contributed by atoms with E-state index in [-0.39, 0.29) is 16.5 Å². The highest BCUT2D eigenvalue weighted by atomic mass is 32.2. The molecule has 0 aliphatic carbocycles. The molecule has 0 saturated carbocycles. The second kappa shape index (κ2) is 5.69. The number of rotatable bonds is 3. The van der Waals surface area contributed by atoms with Crippen LogP contribution in [0.25, 0.3) is 0 Å². The Labute approximate surface area is 127 Å². The van der Waals surface area contributed by atoms with E-state index < -0.39 is 15.9 Å². The summed E-state index contributed by atoms with van der Waals surface area (Å²) in [5, 5.41) is 10.7. The van der Waals surface area contributed by atoms with Crippen LogP contribution in [-0.4, -0.2) is 24.7 Å². The van der Waals surface area contributed by atoms with Crippen molar-refractivity contribution in [1.82, 2.24) is 4.31 Å². The Bertz CT molecular complexity index is 590. The molecular weight excluding hydrogens is 288 g/mol. The van der Waals surface area contributed by atoms with E-state index in [1.165, 1.54) is 12.1 Å². The molecule has 1 heterocycles. The number of benzene rings is 1. The Morgan fingerprint density at radius 3 is 2.38 bits per heavy atom. The first-order valence-corrected chi connectivity index (χ1v) is 7.90. The molecule has 2 rings (SSSR count). The van der Waals surface area contributed by atoms with Gasteiger partial charge in [-0.15, -0.1) is 0 Å². The highest BCUT2D eigenvalue weighted by Gasteiger charge is 2.37. The van der Waals surface area contributed by atoms with Crippen LogP contribution < -0.4 is 0 Å². The number of hydrogen-bond acceptors (Lipinski definition) is 3. The topological polar surface area (TPSA) is 63.5 Å². The van der Waals surface area contributed by atoms with Crippen molar-refractivity contribution in [2.45, 2.75) is 38.0 Å². The van der Waals surface area contributed by atoms with Crippen molar-refractivity contribution in [3.05, 3.63) is 52.1 Å². The molecule has 5 nitrogen and oxygen atoms in total. The van der Waals surface area contributed by atoms with Gasteiger partial charge in [0.05, 0.1) is 15.7 Å². The van der Waals surface area contributed by atoms with Gasteiger partial charge in [-0.2, -0.15) is 0 Å². The number of non-ortho nitro benzene ring substituents is 1. The van der Waals surface area contributed by atoms with Gasteiger partial charge in [-0.05, 0) is 32.8 Å². The van der Waals surface area contributed by atoms with Crippen LogP contribution >= 0.6 is 0 Å². The maximum Gasteiger partial charge on any atom is 0.269 e. The molecule has 21 heavy (non-hydrogen) atoms. The summed E-state index contributed by atoms with van der Waals surface area (Å²) < 4.78 is 14.2. The Kier molecular flexibility index (Phi) is 4.30. The third kappa shape index (κ3) is 3.39. The maximum atomic E-state index is 12.7.